The molecular formula is C15H8F4NO2+. The summed E-state index contributed by atoms with van der Waals surface area (Å²) >= 11 is 0. The average Bonchev–Trinajstić information content (AvgIpc) is 2.47. The minimum atomic E-state index is -1.68. The van der Waals surface area contributed by atoms with Crippen LogP contribution in [0.1, 0.15) is 5.56 Å². The monoisotopic (exact) mass is 310 g/mol. The molecule has 3 rings (SSSR count). The first-order chi connectivity index (χ1) is 10.4. The van der Waals surface area contributed by atoms with Crippen molar-refractivity contribution in [2.45, 2.75) is 6.92 Å². The summed E-state index contributed by atoms with van der Waals surface area (Å²) in [6.07, 6.45) is 1.06. The van der Waals surface area contributed by atoms with E-state index in [-0.39, 0.29) is 11.6 Å². The smallest absolute Gasteiger partial charge is 0.371 e. The van der Waals surface area contributed by atoms with Gasteiger partial charge in [-0.1, -0.05) is 16.7 Å². The molecule has 0 bridgehead atoms. The zero-order chi connectivity index (χ0) is 16.0. The van der Waals surface area contributed by atoms with E-state index in [2.05, 4.69) is 0 Å². The van der Waals surface area contributed by atoms with Gasteiger partial charge in [0, 0.05) is 6.07 Å². The predicted octanol–water partition coefficient (Wildman–Crippen LogP) is 2.93. The second-order valence-electron chi connectivity index (χ2n) is 4.68. The molecule has 0 aliphatic rings. The van der Waals surface area contributed by atoms with Gasteiger partial charge >= 0.3 is 5.76 Å². The first-order valence-corrected chi connectivity index (χ1v) is 6.18. The number of para-hydroxylation sites is 1. The van der Waals surface area contributed by atoms with Gasteiger partial charge in [-0.3, -0.25) is 0 Å². The Labute approximate surface area is 121 Å². The molecule has 3 nitrogen and oxygen atoms in total. The van der Waals surface area contributed by atoms with Crippen LogP contribution in [-0.2, 0) is 0 Å². The standard InChI is InChI=1S/C15H8F4NO2/c1-7-3-2-4-8-6-20(15(21)22-14(7)8)13-11(18)9(16)5-10(17)12(13)19/h2-6H,1H3/q+1. The van der Waals surface area contributed by atoms with Crippen molar-refractivity contribution >= 4 is 11.0 Å². The summed E-state index contributed by atoms with van der Waals surface area (Å²) in [6, 6.07) is 4.92. The highest BCUT2D eigenvalue weighted by molar-refractivity contribution is 5.77. The zero-order valence-corrected chi connectivity index (χ0v) is 11.2. The Morgan fingerprint density at radius 3 is 2.32 bits per heavy atom. The topological polar surface area (TPSA) is 34.1 Å². The van der Waals surface area contributed by atoms with E-state index in [4.69, 9.17) is 4.42 Å². The van der Waals surface area contributed by atoms with Crippen LogP contribution in [0.4, 0.5) is 17.6 Å². The van der Waals surface area contributed by atoms with E-state index in [0.29, 0.717) is 15.5 Å². The van der Waals surface area contributed by atoms with Crippen LogP contribution in [0.5, 0.6) is 0 Å². The molecule has 0 atom stereocenters. The van der Waals surface area contributed by atoms with Crippen molar-refractivity contribution in [1.82, 2.24) is 0 Å². The summed E-state index contributed by atoms with van der Waals surface area (Å²) in [5.41, 5.74) is -0.302. The number of rotatable bonds is 1. The molecule has 112 valence electrons. The Morgan fingerprint density at radius 1 is 1.05 bits per heavy atom. The molecule has 0 aliphatic heterocycles. The van der Waals surface area contributed by atoms with E-state index in [0.717, 1.165) is 6.20 Å². The molecule has 0 spiro atoms. The van der Waals surface area contributed by atoms with E-state index >= 15 is 0 Å². The molecule has 0 amide bonds. The molecular weight excluding hydrogens is 302 g/mol. The zero-order valence-electron chi connectivity index (χ0n) is 11.2. The number of nitrogens with zero attached hydrogens (tertiary/aromatic N) is 1. The van der Waals surface area contributed by atoms with Gasteiger partial charge in [-0.2, -0.15) is 13.6 Å². The van der Waals surface area contributed by atoms with E-state index in [1.54, 1.807) is 19.1 Å². The lowest BCUT2D eigenvalue weighted by Crippen LogP contribution is -2.48. The molecule has 2 aromatic carbocycles. The molecule has 0 radical (unpaired) electrons. The third kappa shape index (κ3) is 2.05. The van der Waals surface area contributed by atoms with Crippen LogP contribution in [0.25, 0.3) is 16.7 Å². The van der Waals surface area contributed by atoms with Crippen LogP contribution in [-0.4, -0.2) is 0 Å². The number of aromatic nitrogens is 1. The van der Waals surface area contributed by atoms with Crippen molar-refractivity contribution in [2.75, 3.05) is 0 Å². The average molecular weight is 310 g/mol. The Kier molecular flexibility index (Phi) is 3.20. The second kappa shape index (κ2) is 4.94. The normalized spacial score (nSPS) is 11.1. The molecule has 0 unspecified atom stereocenters. The van der Waals surface area contributed by atoms with E-state index in [1.807, 2.05) is 0 Å². The van der Waals surface area contributed by atoms with E-state index in [1.165, 1.54) is 6.07 Å². The highest BCUT2D eigenvalue weighted by Crippen LogP contribution is 2.20. The fourth-order valence-electron chi connectivity index (χ4n) is 2.17. The van der Waals surface area contributed by atoms with Crippen LogP contribution in [0.3, 0.4) is 0 Å². The van der Waals surface area contributed by atoms with Crippen LogP contribution < -0.4 is 10.3 Å². The summed E-state index contributed by atoms with van der Waals surface area (Å²) in [7, 11) is 0. The second-order valence-corrected chi connectivity index (χ2v) is 4.68. The summed E-state index contributed by atoms with van der Waals surface area (Å²) < 4.78 is 59.6. The Bertz CT molecular complexity index is 940. The van der Waals surface area contributed by atoms with Crippen molar-refractivity contribution in [2.24, 2.45) is 0 Å². The molecule has 0 N–H and O–H groups in total. The quantitative estimate of drug-likeness (QED) is 0.393. The number of hydrogen-bond donors (Lipinski definition) is 0. The molecule has 1 heterocycles. The molecule has 1 aromatic heterocycles. The minimum absolute atomic E-state index is 0.0710. The van der Waals surface area contributed by atoms with Crippen molar-refractivity contribution in [1.29, 1.82) is 0 Å². The first-order valence-electron chi connectivity index (χ1n) is 6.18. The molecule has 3 aromatic rings. The largest absolute Gasteiger partial charge is 0.608 e. The molecule has 0 saturated heterocycles. The molecule has 22 heavy (non-hydrogen) atoms. The van der Waals surface area contributed by atoms with Crippen molar-refractivity contribution < 1.29 is 26.5 Å². The van der Waals surface area contributed by atoms with Crippen LogP contribution in [0.2, 0.25) is 0 Å². The Hall–Kier alpha value is -2.70. The van der Waals surface area contributed by atoms with Gasteiger partial charge in [0.2, 0.25) is 11.6 Å². The highest BCUT2D eigenvalue weighted by atomic mass is 19.2. The molecule has 0 aliphatic carbocycles. The maximum atomic E-state index is 13.8. The number of fused-ring (bicyclic) bond motifs is 1. The van der Waals surface area contributed by atoms with Crippen molar-refractivity contribution in [3.05, 3.63) is 69.8 Å². The van der Waals surface area contributed by atoms with Gasteiger partial charge in [0.1, 0.15) is 0 Å². The number of benzene rings is 2. The number of hydrogen-bond acceptors (Lipinski definition) is 2. The number of aryl methyl sites for hydroxylation is 1. The SMILES string of the molecule is Cc1cccc2c[n+](-c3c(F)c(F)cc(F)c3F)c(=O)oc12. The molecule has 0 saturated carbocycles. The van der Waals surface area contributed by atoms with Crippen LogP contribution >= 0.6 is 0 Å². The van der Waals surface area contributed by atoms with Gasteiger partial charge in [0.25, 0.3) is 5.69 Å². The lowest BCUT2D eigenvalue weighted by molar-refractivity contribution is -0.627. The van der Waals surface area contributed by atoms with Gasteiger partial charge in [-0.25, -0.2) is 8.78 Å². The fourth-order valence-corrected chi connectivity index (χ4v) is 2.17. The molecule has 7 heteroatoms. The summed E-state index contributed by atoms with van der Waals surface area (Å²) in [4.78, 5) is 11.9. The third-order valence-electron chi connectivity index (χ3n) is 3.23. The lowest BCUT2D eigenvalue weighted by atomic mass is 10.2. The summed E-state index contributed by atoms with van der Waals surface area (Å²) in [6.45, 7) is 1.68. The van der Waals surface area contributed by atoms with Gasteiger partial charge in [0.15, 0.2) is 23.4 Å². The first kappa shape index (κ1) is 14.2. The van der Waals surface area contributed by atoms with Gasteiger partial charge in [-0.15, -0.1) is 0 Å². The maximum Gasteiger partial charge on any atom is 0.608 e. The Morgan fingerprint density at radius 2 is 1.68 bits per heavy atom. The van der Waals surface area contributed by atoms with Crippen molar-refractivity contribution in [3.63, 3.8) is 0 Å². The van der Waals surface area contributed by atoms with Gasteiger partial charge in [0.05, 0.1) is 5.39 Å². The third-order valence-corrected chi connectivity index (χ3v) is 3.23. The molecule has 0 fully saturated rings. The Balaban J connectivity index is 2.42. The van der Waals surface area contributed by atoms with E-state index in [9.17, 15) is 22.4 Å². The van der Waals surface area contributed by atoms with E-state index < -0.39 is 34.7 Å². The minimum Gasteiger partial charge on any atom is -0.371 e. The maximum absolute atomic E-state index is 13.8. The lowest BCUT2D eigenvalue weighted by Gasteiger charge is -2.02. The fraction of sp³-hybridized carbons (Fsp3) is 0.0667. The predicted molar refractivity (Wildman–Crippen MR) is 68.6 cm³/mol. The van der Waals surface area contributed by atoms with Crippen LogP contribution in [0.15, 0.2) is 39.7 Å². The summed E-state index contributed by atoms with van der Waals surface area (Å²) in [5, 5.41) is 0.350. The van der Waals surface area contributed by atoms with Crippen LogP contribution in [0, 0.1) is 30.2 Å². The van der Waals surface area contributed by atoms with Gasteiger partial charge in [-0.05, 0) is 18.6 Å². The number of halogens is 4. The summed E-state index contributed by atoms with van der Waals surface area (Å²) in [5.74, 6) is -7.73. The van der Waals surface area contributed by atoms with Crippen molar-refractivity contribution in [3.8, 4) is 5.69 Å². The van der Waals surface area contributed by atoms with Gasteiger partial charge < -0.3 is 4.42 Å². The highest BCUT2D eigenvalue weighted by Gasteiger charge is 2.30.